The summed E-state index contributed by atoms with van der Waals surface area (Å²) < 4.78 is 0. The molecule has 2 aliphatic carbocycles. The second kappa shape index (κ2) is 3.37. The van der Waals surface area contributed by atoms with E-state index >= 15 is 0 Å². The average molecular weight is 256 g/mol. The van der Waals surface area contributed by atoms with Crippen LogP contribution < -0.4 is 0 Å². The lowest BCUT2D eigenvalue weighted by atomic mass is 9.85. The van der Waals surface area contributed by atoms with Crippen molar-refractivity contribution in [2.24, 2.45) is 0 Å². The van der Waals surface area contributed by atoms with Crippen LogP contribution in [0.1, 0.15) is 34.1 Å². The fourth-order valence-electron chi connectivity index (χ4n) is 3.93. The number of hydrogen-bond acceptors (Lipinski definition) is 1. The van der Waals surface area contributed by atoms with Crippen molar-refractivity contribution in [3.8, 4) is 0 Å². The molecule has 0 fully saturated rings. The van der Waals surface area contributed by atoms with Crippen LogP contribution in [0.3, 0.4) is 0 Å². The van der Waals surface area contributed by atoms with Gasteiger partial charge in [-0.3, -0.25) is 4.79 Å². The van der Waals surface area contributed by atoms with Crippen molar-refractivity contribution in [3.05, 3.63) is 82.9 Å². The first-order chi connectivity index (χ1) is 9.84. The quantitative estimate of drug-likeness (QED) is 0.594. The lowest BCUT2D eigenvalue weighted by Gasteiger charge is -2.18. The Morgan fingerprint density at radius 1 is 0.600 bits per heavy atom. The molecular formula is C19H12O. The molecule has 0 saturated carbocycles. The average Bonchev–Trinajstić information content (AvgIpc) is 2.93. The maximum absolute atomic E-state index is 12.7. The monoisotopic (exact) mass is 256 g/mol. The number of carbonyl (C=O) groups is 1. The standard InChI is InChI=1S/C19H12O/c20-19-17-13-7-3-4-8-14(13)18(19)16-10-12-6-2-1-5-11(12)9-15(16)17/h1-10,17-18H. The largest absolute Gasteiger partial charge is 0.298 e. The predicted molar refractivity (Wildman–Crippen MR) is 79.1 cm³/mol. The molecule has 3 aromatic carbocycles. The third kappa shape index (κ3) is 1.07. The van der Waals surface area contributed by atoms with E-state index in [2.05, 4.69) is 48.5 Å². The van der Waals surface area contributed by atoms with Crippen LogP contribution in [0.2, 0.25) is 0 Å². The second-order valence-electron chi connectivity index (χ2n) is 5.73. The van der Waals surface area contributed by atoms with Crippen molar-refractivity contribution in [1.29, 1.82) is 0 Å². The van der Waals surface area contributed by atoms with Gasteiger partial charge < -0.3 is 0 Å². The summed E-state index contributed by atoms with van der Waals surface area (Å²) in [5.74, 6) is 0.295. The van der Waals surface area contributed by atoms with Gasteiger partial charge in [0.25, 0.3) is 0 Å². The number of ketones is 1. The van der Waals surface area contributed by atoms with Crippen LogP contribution in [0.5, 0.6) is 0 Å². The van der Waals surface area contributed by atoms with E-state index in [1.165, 1.54) is 33.0 Å². The van der Waals surface area contributed by atoms with E-state index in [-0.39, 0.29) is 11.8 Å². The van der Waals surface area contributed by atoms with Crippen LogP contribution in [0.4, 0.5) is 0 Å². The molecule has 5 rings (SSSR count). The van der Waals surface area contributed by atoms with Crippen molar-refractivity contribution >= 4 is 16.6 Å². The highest BCUT2D eigenvalue weighted by molar-refractivity contribution is 6.07. The molecule has 94 valence electrons. The van der Waals surface area contributed by atoms with Crippen LogP contribution >= 0.6 is 0 Å². The van der Waals surface area contributed by atoms with Gasteiger partial charge in [-0.05, 0) is 45.2 Å². The van der Waals surface area contributed by atoms with Gasteiger partial charge in [0.05, 0.1) is 11.8 Å². The van der Waals surface area contributed by atoms with E-state index in [9.17, 15) is 4.79 Å². The molecule has 0 heterocycles. The molecule has 0 N–H and O–H groups in total. The lowest BCUT2D eigenvalue weighted by Crippen LogP contribution is -2.02. The molecule has 1 heteroatoms. The lowest BCUT2D eigenvalue weighted by molar-refractivity contribution is -0.118. The van der Waals surface area contributed by atoms with E-state index in [1.807, 2.05) is 12.1 Å². The van der Waals surface area contributed by atoms with Crippen molar-refractivity contribution in [3.63, 3.8) is 0 Å². The van der Waals surface area contributed by atoms with Crippen molar-refractivity contribution in [2.45, 2.75) is 11.8 Å². The molecule has 2 aliphatic rings. The van der Waals surface area contributed by atoms with E-state index in [4.69, 9.17) is 0 Å². The normalized spacial score (nSPS) is 22.1. The third-order valence-electron chi connectivity index (χ3n) is 4.76. The second-order valence-corrected chi connectivity index (χ2v) is 5.73. The predicted octanol–water partition coefficient (Wildman–Crippen LogP) is 4.00. The van der Waals surface area contributed by atoms with Crippen molar-refractivity contribution < 1.29 is 4.79 Å². The Kier molecular flexibility index (Phi) is 1.75. The maximum Gasteiger partial charge on any atom is 0.156 e. The molecule has 1 nitrogen and oxygen atoms in total. The molecule has 2 atom stereocenters. The molecule has 0 amide bonds. The highest BCUT2D eigenvalue weighted by Gasteiger charge is 2.48. The van der Waals surface area contributed by atoms with Crippen LogP contribution in [-0.4, -0.2) is 5.78 Å². The van der Waals surface area contributed by atoms with Crippen LogP contribution in [0, 0.1) is 0 Å². The summed E-state index contributed by atoms with van der Waals surface area (Å²) in [5, 5.41) is 2.45. The molecule has 0 aliphatic heterocycles. The first-order valence-electron chi connectivity index (χ1n) is 7.00. The summed E-state index contributed by atoms with van der Waals surface area (Å²) in [6.07, 6.45) is 0. The van der Waals surface area contributed by atoms with Gasteiger partial charge >= 0.3 is 0 Å². The van der Waals surface area contributed by atoms with E-state index in [1.54, 1.807) is 0 Å². The summed E-state index contributed by atoms with van der Waals surface area (Å²) in [5.41, 5.74) is 4.87. The molecule has 0 radical (unpaired) electrons. The zero-order valence-electron chi connectivity index (χ0n) is 10.8. The molecule has 0 saturated heterocycles. The Labute approximate surface area is 116 Å². The van der Waals surface area contributed by atoms with Gasteiger partial charge in [0, 0.05) is 0 Å². The minimum Gasteiger partial charge on any atom is -0.298 e. The molecular weight excluding hydrogens is 244 g/mol. The molecule has 2 unspecified atom stereocenters. The van der Waals surface area contributed by atoms with Crippen molar-refractivity contribution in [1.82, 2.24) is 0 Å². The summed E-state index contributed by atoms with van der Waals surface area (Å²) in [7, 11) is 0. The van der Waals surface area contributed by atoms with Crippen molar-refractivity contribution in [2.75, 3.05) is 0 Å². The Morgan fingerprint density at radius 2 is 1.05 bits per heavy atom. The molecule has 0 spiro atoms. The fourth-order valence-corrected chi connectivity index (χ4v) is 3.93. The summed E-state index contributed by atoms with van der Waals surface area (Å²) in [6, 6.07) is 21.1. The van der Waals surface area contributed by atoms with E-state index < -0.39 is 0 Å². The van der Waals surface area contributed by atoms with Gasteiger partial charge in [0.15, 0.2) is 5.78 Å². The Hall–Kier alpha value is -2.41. The van der Waals surface area contributed by atoms with Gasteiger partial charge in [0.1, 0.15) is 0 Å². The van der Waals surface area contributed by atoms with Gasteiger partial charge in [0.2, 0.25) is 0 Å². The number of hydrogen-bond donors (Lipinski definition) is 0. The zero-order valence-corrected chi connectivity index (χ0v) is 10.8. The minimum atomic E-state index is -0.0317. The highest BCUT2D eigenvalue weighted by Crippen LogP contribution is 2.54. The molecule has 20 heavy (non-hydrogen) atoms. The molecule has 2 bridgehead atoms. The number of Topliss-reactive ketones (excluding diaryl/α,β-unsaturated/α-hetero) is 1. The summed E-state index contributed by atoms with van der Waals surface area (Å²) in [6.45, 7) is 0. The third-order valence-corrected chi connectivity index (χ3v) is 4.76. The Morgan fingerprint density at radius 3 is 1.55 bits per heavy atom. The zero-order chi connectivity index (χ0) is 13.3. The van der Waals surface area contributed by atoms with E-state index in [0.29, 0.717) is 5.78 Å². The fraction of sp³-hybridized carbons (Fsp3) is 0.105. The smallest absolute Gasteiger partial charge is 0.156 e. The first-order valence-corrected chi connectivity index (χ1v) is 7.00. The van der Waals surface area contributed by atoms with Crippen LogP contribution in [0.15, 0.2) is 60.7 Å². The van der Waals surface area contributed by atoms with Crippen LogP contribution in [-0.2, 0) is 4.79 Å². The Bertz CT molecular complexity index is 820. The van der Waals surface area contributed by atoms with Gasteiger partial charge in [-0.1, -0.05) is 48.5 Å². The molecule has 3 aromatic rings. The maximum atomic E-state index is 12.7. The number of rotatable bonds is 0. The topological polar surface area (TPSA) is 17.1 Å². The number of fused-ring (bicyclic) bond motifs is 9. The molecule has 0 aromatic heterocycles. The number of benzene rings is 3. The summed E-state index contributed by atoms with van der Waals surface area (Å²) in [4.78, 5) is 12.7. The highest BCUT2D eigenvalue weighted by atomic mass is 16.1. The van der Waals surface area contributed by atoms with Crippen LogP contribution in [0.25, 0.3) is 10.8 Å². The Balaban J connectivity index is 1.87. The van der Waals surface area contributed by atoms with Gasteiger partial charge in [-0.15, -0.1) is 0 Å². The SMILES string of the molecule is O=C1C2c3ccccc3C1c1cc3ccccc3cc12. The van der Waals surface area contributed by atoms with E-state index in [0.717, 1.165) is 0 Å². The first kappa shape index (κ1) is 10.4. The van der Waals surface area contributed by atoms with Gasteiger partial charge in [-0.25, -0.2) is 0 Å². The number of carbonyl (C=O) groups excluding carboxylic acids is 1. The summed E-state index contributed by atoms with van der Waals surface area (Å²) >= 11 is 0. The minimum absolute atomic E-state index is 0.0317. The van der Waals surface area contributed by atoms with Gasteiger partial charge in [-0.2, -0.15) is 0 Å².